The molecule has 7 nitrogen and oxygen atoms in total. The first-order valence-electron chi connectivity index (χ1n) is 11.1. The molecule has 1 atom stereocenters. The Morgan fingerprint density at radius 1 is 1.03 bits per heavy atom. The number of hydrogen-bond donors (Lipinski definition) is 1. The smallest absolute Gasteiger partial charge is 0.253 e. The van der Waals surface area contributed by atoms with E-state index in [0.717, 1.165) is 19.3 Å². The third-order valence-electron chi connectivity index (χ3n) is 6.33. The summed E-state index contributed by atoms with van der Waals surface area (Å²) in [5.41, 5.74) is 1.05. The number of likely N-dealkylation sites (tertiary alicyclic amines) is 1. The van der Waals surface area contributed by atoms with E-state index >= 15 is 0 Å². The molecule has 2 fully saturated rings. The van der Waals surface area contributed by atoms with Gasteiger partial charge in [-0.05, 0) is 62.3 Å². The Bertz CT molecular complexity index is 1060. The first-order chi connectivity index (χ1) is 15.4. The molecule has 0 radical (unpaired) electrons. The summed E-state index contributed by atoms with van der Waals surface area (Å²) >= 11 is 1.48. The van der Waals surface area contributed by atoms with Crippen molar-refractivity contribution in [1.29, 1.82) is 0 Å². The zero-order valence-electron chi connectivity index (χ0n) is 18.2. The molecule has 2 saturated heterocycles. The summed E-state index contributed by atoms with van der Waals surface area (Å²) in [6.45, 7) is 3.50. The molecule has 0 aliphatic carbocycles. The predicted molar refractivity (Wildman–Crippen MR) is 124 cm³/mol. The zero-order valence-corrected chi connectivity index (χ0v) is 19.8. The highest BCUT2D eigenvalue weighted by atomic mass is 32.2. The molecule has 3 heterocycles. The minimum absolute atomic E-state index is 0.0266. The van der Waals surface area contributed by atoms with E-state index in [1.165, 1.54) is 17.4 Å². The number of rotatable bonds is 5. The molecule has 1 unspecified atom stereocenters. The summed E-state index contributed by atoms with van der Waals surface area (Å²) in [5.74, 6) is -0.253. The topological polar surface area (TPSA) is 86.8 Å². The molecule has 2 aromatic rings. The number of nitrogens with zero attached hydrogens (tertiary/aromatic N) is 2. The fourth-order valence-electron chi connectivity index (χ4n) is 4.43. The van der Waals surface area contributed by atoms with Crippen molar-refractivity contribution in [2.75, 3.05) is 19.6 Å². The van der Waals surface area contributed by atoms with Gasteiger partial charge >= 0.3 is 0 Å². The van der Waals surface area contributed by atoms with Gasteiger partial charge in [0, 0.05) is 48.2 Å². The average Bonchev–Trinajstić information content (AvgIpc) is 3.35. The highest BCUT2D eigenvalue weighted by Gasteiger charge is 2.32. The van der Waals surface area contributed by atoms with Crippen molar-refractivity contribution in [2.24, 2.45) is 0 Å². The largest absolute Gasteiger partial charge is 0.349 e. The number of nitrogens with one attached hydrogen (secondary N) is 1. The third kappa shape index (κ3) is 4.89. The summed E-state index contributed by atoms with van der Waals surface area (Å²) in [5, 5.41) is 6.73. The van der Waals surface area contributed by atoms with Crippen LogP contribution in [0.15, 0.2) is 46.0 Å². The molecule has 0 saturated carbocycles. The minimum atomic E-state index is -3.63. The van der Waals surface area contributed by atoms with Crippen molar-refractivity contribution in [1.82, 2.24) is 14.5 Å². The Balaban J connectivity index is 1.39. The van der Waals surface area contributed by atoms with Crippen molar-refractivity contribution in [3.8, 4) is 0 Å². The number of amides is 2. The van der Waals surface area contributed by atoms with Crippen LogP contribution in [0.2, 0.25) is 0 Å². The maximum atomic E-state index is 13.2. The lowest BCUT2D eigenvalue weighted by Crippen LogP contribution is -2.46. The van der Waals surface area contributed by atoms with E-state index in [4.69, 9.17) is 0 Å². The van der Waals surface area contributed by atoms with E-state index < -0.39 is 10.0 Å². The molecule has 0 spiro atoms. The maximum absolute atomic E-state index is 13.2. The summed E-state index contributed by atoms with van der Waals surface area (Å²) in [4.78, 5) is 27.2. The van der Waals surface area contributed by atoms with Gasteiger partial charge in [-0.1, -0.05) is 12.5 Å². The van der Waals surface area contributed by atoms with Gasteiger partial charge in [0.05, 0.1) is 4.90 Å². The van der Waals surface area contributed by atoms with Crippen LogP contribution < -0.4 is 5.32 Å². The van der Waals surface area contributed by atoms with Crippen LogP contribution >= 0.6 is 11.3 Å². The number of carbonyl (C=O) groups is 2. The van der Waals surface area contributed by atoms with Gasteiger partial charge in [-0.25, -0.2) is 8.42 Å². The lowest BCUT2D eigenvalue weighted by atomic mass is 10.0. The van der Waals surface area contributed by atoms with Gasteiger partial charge in [-0.2, -0.15) is 15.6 Å². The maximum Gasteiger partial charge on any atom is 0.253 e. The highest BCUT2D eigenvalue weighted by Crippen LogP contribution is 2.26. The fraction of sp³-hybridized carbons (Fsp3) is 0.478. The first kappa shape index (κ1) is 22.9. The molecule has 2 aliphatic heterocycles. The van der Waals surface area contributed by atoms with E-state index in [1.807, 2.05) is 17.7 Å². The summed E-state index contributed by atoms with van der Waals surface area (Å²) in [6, 6.07) is 8.18. The van der Waals surface area contributed by atoms with Gasteiger partial charge in [0.15, 0.2) is 0 Å². The number of sulfonamides is 1. The van der Waals surface area contributed by atoms with Gasteiger partial charge in [0.2, 0.25) is 10.0 Å². The number of benzene rings is 1. The Morgan fingerprint density at radius 2 is 1.81 bits per heavy atom. The molecule has 172 valence electrons. The molecular weight excluding hydrogens is 446 g/mol. The highest BCUT2D eigenvalue weighted by molar-refractivity contribution is 7.89. The van der Waals surface area contributed by atoms with Crippen LogP contribution in [0.1, 0.15) is 59.7 Å². The van der Waals surface area contributed by atoms with Crippen molar-refractivity contribution < 1.29 is 18.0 Å². The molecule has 1 N–H and O–H groups in total. The lowest BCUT2D eigenvalue weighted by Gasteiger charge is -2.33. The minimum Gasteiger partial charge on any atom is -0.349 e. The van der Waals surface area contributed by atoms with Crippen LogP contribution in [-0.2, 0) is 10.0 Å². The van der Waals surface area contributed by atoms with Gasteiger partial charge in [0.25, 0.3) is 11.8 Å². The molecule has 1 aromatic heterocycles. The van der Waals surface area contributed by atoms with Crippen LogP contribution in [0.3, 0.4) is 0 Å². The second kappa shape index (κ2) is 9.72. The van der Waals surface area contributed by atoms with Crippen LogP contribution in [0, 0.1) is 0 Å². The van der Waals surface area contributed by atoms with Crippen LogP contribution in [-0.4, -0.2) is 61.2 Å². The molecule has 9 heteroatoms. The Hall–Kier alpha value is -2.23. The van der Waals surface area contributed by atoms with Crippen LogP contribution in [0.5, 0.6) is 0 Å². The Kier molecular flexibility index (Phi) is 6.97. The number of carbonyl (C=O) groups excluding carboxylic acids is 2. The van der Waals surface area contributed by atoms with E-state index in [0.29, 0.717) is 43.6 Å². The van der Waals surface area contributed by atoms with Crippen molar-refractivity contribution in [3.63, 3.8) is 0 Å². The SMILES string of the molecule is CC1CCCCN1S(=O)(=O)c1cccc(C(=O)N2CCC(NC(=O)c3ccsc3)CC2)c1. The summed E-state index contributed by atoms with van der Waals surface area (Å²) in [7, 11) is -3.63. The lowest BCUT2D eigenvalue weighted by molar-refractivity contribution is 0.0698. The quantitative estimate of drug-likeness (QED) is 0.719. The Morgan fingerprint density at radius 3 is 2.50 bits per heavy atom. The Labute approximate surface area is 193 Å². The molecule has 32 heavy (non-hydrogen) atoms. The molecule has 0 bridgehead atoms. The number of piperidine rings is 2. The molecule has 2 aliphatic rings. The monoisotopic (exact) mass is 475 g/mol. The van der Waals surface area contributed by atoms with Crippen LogP contribution in [0.25, 0.3) is 0 Å². The van der Waals surface area contributed by atoms with Gasteiger partial charge in [-0.3, -0.25) is 9.59 Å². The van der Waals surface area contributed by atoms with E-state index in [2.05, 4.69) is 5.32 Å². The first-order valence-corrected chi connectivity index (χ1v) is 13.5. The molecule has 4 rings (SSSR count). The second-order valence-electron chi connectivity index (χ2n) is 8.54. The van der Waals surface area contributed by atoms with E-state index in [1.54, 1.807) is 33.5 Å². The van der Waals surface area contributed by atoms with Gasteiger partial charge in [-0.15, -0.1) is 0 Å². The van der Waals surface area contributed by atoms with Gasteiger partial charge < -0.3 is 10.2 Å². The van der Waals surface area contributed by atoms with Gasteiger partial charge in [0.1, 0.15) is 0 Å². The van der Waals surface area contributed by atoms with Crippen molar-refractivity contribution >= 4 is 33.2 Å². The number of hydrogen-bond acceptors (Lipinski definition) is 5. The standard InChI is InChI=1S/C23H29N3O4S2/c1-17-5-2-3-11-26(17)32(29,30)21-7-4-6-18(15-21)23(28)25-12-8-20(9-13-25)24-22(27)19-10-14-31-16-19/h4,6-7,10,14-17,20H,2-3,5,8-9,11-13H2,1H3,(H,24,27). The normalized spacial score (nSPS) is 20.8. The van der Waals surface area contributed by atoms with Crippen LogP contribution in [0.4, 0.5) is 0 Å². The average molecular weight is 476 g/mol. The number of thiophene rings is 1. The molecular formula is C23H29N3O4S2. The second-order valence-corrected chi connectivity index (χ2v) is 11.2. The summed E-state index contributed by atoms with van der Waals surface area (Å²) in [6.07, 6.45) is 4.10. The van der Waals surface area contributed by atoms with E-state index in [9.17, 15) is 18.0 Å². The summed E-state index contributed by atoms with van der Waals surface area (Å²) < 4.78 is 27.9. The fourth-order valence-corrected chi connectivity index (χ4v) is 6.81. The van der Waals surface area contributed by atoms with Crippen molar-refractivity contribution in [2.45, 2.75) is 56.0 Å². The van der Waals surface area contributed by atoms with E-state index in [-0.39, 0.29) is 28.8 Å². The third-order valence-corrected chi connectivity index (χ3v) is 9.02. The predicted octanol–water partition coefficient (Wildman–Crippen LogP) is 3.35. The molecule has 2 amide bonds. The molecule has 1 aromatic carbocycles. The zero-order chi connectivity index (χ0) is 22.7. The van der Waals surface area contributed by atoms with Crippen molar-refractivity contribution in [3.05, 3.63) is 52.2 Å².